The SMILES string of the molecule is COC(=O)CC1CCCCN1S(=O)(=O)C(C)C#N. The van der Waals surface area contributed by atoms with E-state index in [2.05, 4.69) is 4.74 Å². The van der Waals surface area contributed by atoms with Gasteiger partial charge in [-0.3, -0.25) is 4.79 Å². The van der Waals surface area contributed by atoms with E-state index >= 15 is 0 Å². The van der Waals surface area contributed by atoms with E-state index < -0.39 is 21.2 Å². The smallest absolute Gasteiger partial charge is 0.307 e. The summed E-state index contributed by atoms with van der Waals surface area (Å²) < 4.78 is 30.2. The number of rotatable bonds is 4. The Kier molecular flexibility index (Phi) is 5.11. The molecule has 0 radical (unpaired) electrons. The molecule has 1 saturated heterocycles. The highest BCUT2D eigenvalue weighted by molar-refractivity contribution is 7.90. The first kappa shape index (κ1) is 14.9. The van der Waals surface area contributed by atoms with Crippen molar-refractivity contribution in [2.45, 2.75) is 43.9 Å². The molecule has 0 bridgehead atoms. The van der Waals surface area contributed by atoms with Crippen LogP contribution in [0.15, 0.2) is 0 Å². The highest BCUT2D eigenvalue weighted by Gasteiger charge is 2.36. The lowest BCUT2D eigenvalue weighted by atomic mass is 10.0. The second kappa shape index (κ2) is 6.16. The maximum atomic E-state index is 12.1. The Morgan fingerprint density at radius 1 is 1.56 bits per heavy atom. The number of nitriles is 1. The molecule has 1 fully saturated rings. The Morgan fingerprint density at radius 3 is 2.78 bits per heavy atom. The molecule has 0 aromatic rings. The normalized spacial score (nSPS) is 23.1. The molecule has 7 heteroatoms. The summed E-state index contributed by atoms with van der Waals surface area (Å²) in [6.45, 7) is 1.73. The first-order chi connectivity index (χ1) is 8.43. The van der Waals surface area contributed by atoms with E-state index in [-0.39, 0.29) is 12.5 Å². The fourth-order valence-electron chi connectivity index (χ4n) is 2.06. The highest BCUT2D eigenvalue weighted by Crippen LogP contribution is 2.25. The van der Waals surface area contributed by atoms with Crippen LogP contribution < -0.4 is 0 Å². The maximum Gasteiger partial charge on any atom is 0.307 e. The lowest BCUT2D eigenvalue weighted by Gasteiger charge is -2.34. The van der Waals surface area contributed by atoms with Crippen LogP contribution in [0.1, 0.15) is 32.6 Å². The van der Waals surface area contributed by atoms with Crippen LogP contribution in [0.25, 0.3) is 0 Å². The van der Waals surface area contributed by atoms with Crippen molar-refractivity contribution in [3.8, 4) is 6.07 Å². The lowest BCUT2D eigenvalue weighted by molar-refractivity contribution is -0.141. The van der Waals surface area contributed by atoms with Gasteiger partial charge in [-0.25, -0.2) is 8.42 Å². The first-order valence-corrected chi connectivity index (χ1v) is 7.41. The van der Waals surface area contributed by atoms with Crippen LogP contribution >= 0.6 is 0 Å². The number of piperidine rings is 1. The van der Waals surface area contributed by atoms with Crippen molar-refractivity contribution in [3.63, 3.8) is 0 Å². The van der Waals surface area contributed by atoms with Gasteiger partial charge < -0.3 is 4.74 Å². The van der Waals surface area contributed by atoms with E-state index in [1.807, 2.05) is 0 Å². The summed E-state index contributed by atoms with van der Waals surface area (Å²) in [7, 11) is -2.37. The lowest BCUT2D eigenvalue weighted by Crippen LogP contribution is -2.47. The number of carbonyl (C=O) groups is 1. The molecule has 0 spiro atoms. The number of nitrogens with zero attached hydrogens (tertiary/aromatic N) is 2. The number of hydrogen-bond acceptors (Lipinski definition) is 5. The molecule has 0 aromatic heterocycles. The molecule has 0 saturated carbocycles. The van der Waals surface area contributed by atoms with Crippen molar-refractivity contribution >= 4 is 16.0 Å². The standard InChI is InChI=1S/C11H18N2O4S/c1-9(8-12)18(15,16)13-6-4-3-5-10(13)7-11(14)17-2/h9-10H,3-7H2,1-2H3. The largest absolute Gasteiger partial charge is 0.469 e. The van der Waals surface area contributed by atoms with Crippen LogP contribution in [0.5, 0.6) is 0 Å². The van der Waals surface area contributed by atoms with Gasteiger partial charge in [0.2, 0.25) is 10.0 Å². The molecule has 0 amide bonds. The van der Waals surface area contributed by atoms with Gasteiger partial charge in [0.15, 0.2) is 5.25 Å². The van der Waals surface area contributed by atoms with Crippen molar-refractivity contribution in [1.82, 2.24) is 4.31 Å². The van der Waals surface area contributed by atoms with Crippen molar-refractivity contribution in [2.24, 2.45) is 0 Å². The fraction of sp³-hybridized carbons (Fsp3) is 0.818. The van der Waals surface area contributed by atoms with E-state index in [1.165, 1.54) is 18.3 Å². The number of esters is 1. The average molecular weight is 274 g/mol. The van der Waals surface area contributed by atoms with E-state index in [0.717, 1.165) is 12.8 Å². The topological polar surface area (TPSA) is 87.5 Å². The average Bonchev–Trinajstić information content (AvgIpc) is 2.37. The summed E-state index contributed by atoms with van der Waals surface area (Å²) >= 11 is 0. The second-order valence-corrected chi connectivity index (χ2v) is 6.56. The van der Waals surface area contributed by atoms with E-state index in [4.69, 9.17) is 5.26 Å². The molecule has 1 aliphatic rings. The molecule has 1 heterocycles. The molecule has 6 nitrogen and oxygen atoms in total. The number of sulfonamides is 1. The maximum absolute atomic E-state index is 12.1. The van der Waals surface area contributed by atoms with Gasteiger partial charge in [-0.15, -0.1) is 0 Å². The number of hydrogen-bond donors (Lipinski definition) is 0. The summed E-state index contributed by atoms with van der Waals surface area (Å²) in [4.78, 5) is 11.3. The predicted octanol–water partition coefficient (Wildman–Crippen LogP) is 0.646. The third-order valence-corrected chi connectivity index (χ3v) is 5.29. The van der Waals surface area contributed by atoms with Gasteiger partial charge in [-0.2, -0.15) is 9.57 Å². The van der Waals surface area contributed by atoms with Crippen molar-refractivity contribution in [3.05, 3.63) is 0 Å². The molecule has 2 unspecified atom stereocenters. The molecular formula is C11H18N2O4S. The van der Waals surface area contributed by atoms with E-state index in [1.54, 1.807) is 6.07 Å². The molecule has 102 valence electrons. The van der Waals surface area contributed by atoms with Gasteiger partial charge in [-0.05, 0) is 19.8 Å². The Bertz CT molecular complexity index is 440. The number of carbonyl (C=O) groups excluding carboxylic acids is 1. The zero-order chi connectivity index (χ0) is 13.8. The van der Waals surface area contributed by atoms with Crippen LogP contribution in [-0.4, -0.2) is 43.6 Å². The van der Waals surface area contributed by atoms with E-state index in [9.17, 15) is 13.2 Å². The summed E-state index contributed by atoms with van der Waals surface area (Å²) in [5, 5.41) is 7.68. The minimum Gasteiger partial charge on any atom is -0.469 e. The zero-order valence-electron chi connectivity index (χ0n) is 10.6. The van der Waals surface area contributed by atoms with Crippen molar-refractivity contribution in [1.29, 1.82) is 5.26 Å². The third kappa shape index (κ3) is 3.21. The van der Waals surface area contributed by atoms with Gasteiger partial charge >= 0.3 is 5.97 Å². The monoisotopic (exact) mass is 274 g/mol. The van der Waals surface area contributed by atoms with Crippen LogP contribution in [-0.2, 0) is 19.6 Å². The van der Waals surface area contributed by atoms with Gasteiger partial charge in [-0.1, -0.05) is 6.42 Å². The Labute approximate surface area is 108 Å². The van der Waals surface area contributed by atoms with Crippen LogP contribution in [0.4, 0.5) is 0 Å². The van der Waals surface area contributed by atoms with Gasteiger partial charge in [0.05, 0.1) is 19.6 Å². The van der Waals surface area contributed by atoms with Crippen molar-refractivity contribution in [2.75, 3.05) is 13.7 Å². The highest BCUT2D eigenvalue weighted by atomic mass is 32.2. The summed E-state index contributed by atoms with van der Waals surface area (Å²) in [5.41, 5.74) is 0. The summed E-state index contributed by atoms with van der Waals surface area (Å²) in [6, 6.07) is 1.36. The first-order valence-electron chi connectivity index (χ1n) is 5.90. The third-order valence-electron chi connectivity index (χ3n) is 3.16. The minimum absolute atomic E-state index is 0.0495. The summed E-state index contributed by atoms with van der Waals surface area (Å²) in [6.07, 6.45) is 2.32. The second-order valence-electron chi connectivity index (χ2n) is 4.36. The van der Waals surface area contributed by atoms with Crippen molar-refractivity contribution < 1.29 is 17.9 Å². The summed E-state index contributed by atoms with van der Waals surface area (Å²) in [5.74, 6) is -0.424. The molecule has 1 aliphatic heterocycles. The van der Waals surface area contributed by atoms with Crippen LogP contribution in [0.3, 0.4) is 0 Å². The molecular weight excluding hydrogens is 256 g/mol. The number of ether oxygens (including phenoxy) is 1. The molecule has 0 N–H and O–H groups in total. The molecule has 0 aliphatic carbocycles. The molecule has 18 heavy (non-hydrogen) atoms. The minimum atomic E-state index is -3.65. The Morgan fingerprint density at radius 2 is 2.22 bits per heavy atom. The Hall–Kier alpha value is -1.13. The van der Waals surface area contributed by atoms with Gasteiger partial charge in [0.25, 0.3) is 0 Å². The quantitative estimate of drug-likeness (QED) is 0.702. The van der Waals surface area contributed by atoms with Crippen LogP contribution in [0, 0.1) is 11.3 Å². The molecule has 2 atom stereocenters. The zero-order valence-corrected chi connectivity index (χ0v) is 11.4. The van der Waals surface area contributed by atoms with E-state index in [0.29, 0.717) is 13.0 Å². The molecule has 1 rings (SSSR count). The van der Waals surface area contributed by atoms with Crippen LogP contribution in [0.2, 0.25) is 0 Å². The Balaban J connectivity index is 2.89. The number of methoxy groups -OCH3 is 1. The van der Waals surface area contributed by atoms with Gasteiger partial charge in [0.1, 0.15) is 0 Å². The molecule has 0 aromatic carbocycles. The predicted molar refractivity (Wildman–Crippen MR) is 65.0 cm³/mol. The van der Waals surface area contributed by atoms with Gasteiger partial charge in [0, 0.05) is 12.6 Å². The fourth-order valence-corrected chi connectivity index (χ4v) is 3.58.